The molecule has 2 aromatic rings. The molecule has 0 saturated carbocycles. The zero-order chi connectivity index (χ0) is 10.8. The van der Waals surface area contributed by atoms with Crippen LogP contribution in [0.3, 0.4) is 0 Å². The molecule has 1 aromatic heterocycles. The van der Waals surface area contributed by atoms with Crippen molar-refractivity contribution in [2.24, 2.45) is 0 Å². The molecule has 0 aliphatic heterocycles. The highest BCUT2D eigenvalue weighted by atomic mass is 35.5. The molecule has 0 saturated heterocycles. The van der Waals surface area contributed by atoms with Gasteiger partial charge in [-0.05, 0) is 18.2 Å². The zero-order valence-electron chi connectivity index (χ0n) is 7.51. The molecule has 15 heavy (non-hydrogen) atoms. The molecule has 0 aliphatic rings. The van der Waals surface area contributed by atoms with Crippen molar-refractivity contribution in [1.82, 2.24) is 5.16 Å². The smallest absolute Gasteiger partial charge is 0.152 e. The van der Waals surface area contributed by atoms with E-state index in [0.29, 0.717) is 22.0 Å². The van der Waals surface area contributed by atoms with E-state index in [9.17, 15) is 4.39 Å². The maximum Gasteiger partial charge on any atom is 0.152 e. The van der Waals surface area contributed by atoms with Gasteiger partial charge in [0.05, 0.1) is 10.9 Å². The topological polar surface area (TPSA) is 26.0 Å². The summed E-state index contributed by atoms with van der Waals surface area (Å²) in [6, 6.07) is 5.77. The number of nitrogens with zero attached hydrogens (tertiary/aromatic N) is 1. The number of halogens is 3. The minimum atomic E-state index is -0.384. The van der Waals surface area contributed by atoms with E-state index >= 15 is 0 Å². The molecule has 0 radical (unpaired) electrons. The molecule has 0 amide bonds. The highest BCUT2D eigenvalue weighted by Gasteiger charge is 2.09. The summed E-state index contributed by atoms with van der Waals surface area (Å²) in [7, 11) is 0. The van der Waals surface area contributed by atoms with Crippen molar-refractivity contribution in [2.75, 3.05) is 0 Å². The Labute approximate surface area is 95.6 Å². The van der Waals surface area contributed by atoms with Crippen molar-refractivity contribution in [2.45, 2.75) is 5.88 Å². The highest BCUT2D eigenvalue weighted by molar-refractivity contribution is 6.33. The summed E-state index contributed by atoms with van der Waals surface area (Å²) in [5, 5.41) is 4.08. The van der Waals surface area contributed by atoms with Crippen LogP contribution in [0, 0.1) is 5.82 Å². The van der Waals surface area contributed by atoms with Crippen LogP contribution < -0.4 is 0 Å². The summed E-state index contributed by atoms with van der Waals surface area (Å²) in [4.78, 5) is 0. The number of hydrogen-bond donors (Lipinski definition) is 0. The third-order valence-electron chi connectivity index (χ3n) is 1.90. The van der Waals surface area contributed by atoms with Crippen molar-refractivity contribution in [1.29, 1.82) is 0 Å². The monoisotopic (exact) mass is 245 g/mol. The number of hydrogen-bond acceptors (Lipinski definition) is 2. The van der Waals surface area contributed by atoms with Gasteiger partial charge in [0.25, 0.3) is 0 Å². The fraction of sp³-hybridized carbons (Fsp3) is 0.100. The normalized spacial score (nSPS) is 10.6. The van der Waals surface area contributed by atoms with E-state index in [1.165, 1.54) is 12.1 Å². The van der Waals surface area contributed by atoms with Crippen LogP contribution in [0.5, 0.6) is 0 Å². The molecule has 0 unspecified atom stereocenters. The van der Waals surface area contributed by atoms with Crippen molar-refractivity contribution >= 4 is 23.2 Å². The molecular formula is C10H6Cl2FNO. The lowest BCUT2D eigenvalue weighted by Crippen LogP contribution is -1.81. The summed E-state index contributed by atoms with van der Waals surface area (Å²) >= 11 is 11.4. The van der Waals surface area contributed by atoms with Crippen LogP contribution in [0.1, 0.15) is 5.76 Å². The Bertz CT molecular complexity index is 484. The zero-order valence-corrected chi connectivity index (χ0v) is 9.02. The molecule has 1 aromatic carbocycles. The predicted molar refractivity (Wildman–Crippen MR) is 56.5 cm³/mol. The van der Waals surface area contributed by atoms with Crippen LogP contribution in [-0.2, 0) is 5.88 Å². The Morgan fingerprint density at radius 1 is 1.33 bits per heavy atom. The minimum absolute atomic E-state index is 0.242. The van der Waals surface area contributed by atoms with Crippen molar-refractivity contribution < 1.29 is 8.91 Å². The SMILES string of the molecule is Fc1ccc(-c2cc(CCl)on2)c(Cl)c1. The van der Waals surface area contributed by atoms with Gasteiger partial charge in [0.1, 0.15) is 11.5 Å². The maximum atomic E-state index is 12.8. The van der Waals surface area contributed by atoms with Crippen molar-refractivity contribution in [3.8, 4) is 11.3 Å². The van der Waals surface area contributed by atoms with E-state index < -0.39 is 0 Å². The Balaban J connectivity index is 2.44. The molecule has 2 rings (SSSR count). The average molecular weight is 246 g/mol. The van der Waals surface area contributed by atoms with E-state index in [1.807, 2.05) is 0 Å². The molecule has 0 atom stereocenters. The molecule has 0 aliphatic carbocycles. The fourth-order valence-electron chi connectivity index (χ4n) is 1.20. The third-order valence-corrected chi connectivity index (χ3v) is 2.47. The Kier molecular flexibility index (Phi) is 2.93. The van der Waals surface area contributed by atoms with E-state index in [4.69, 9.17) is 27.7 Å². The lowest BCUT2D eigenvalue weighted by Gasteiger charge is -1.98. The molecule has 5 heteroatoms. The van der Waals surface area contributed by atoms with Crippen LogP contribution in [0.15, 0.2) is 28.8 Å². The van der Waals surface area contributed by atoms with Crippen LogP contribution in [0.4, 0.5) is 4.39 Å². The highest BCUT2D eigenvalue weighted by Crippen LogP contribution is 2.28. The van der Waals surface area contributed by atoms with Crippen LogP contribution >= 0.6 is 23.2 Å². The van der Waals surface area contributed by atoms with E-state index in [-0.39, 0.29) is 11.7 Å². The molecule has 0 bridgehead atoms. The fourth-order valence-corrected chi connectivity index (χ4v) is 1.59. The first kappa shape index (κ1) is 10.5. The predicted octanol–water partition coefficient (Wildman–Crippen LogP) is 3.87. The largest absolute Gasteiger partial charge is 0.359 e. The molecule has 2 nitrogen and oxygen atoms in total. The van der Waals surface area contributed by atoms with Gasteiger partial charge in [0.2, 0.25) is 0 Å². The van der Waals surface area contributed by atoms with Gasteiger partial charge >= 0.3 is 0 Å². The van der Waals surface area contributed by atoms with E-state index in [1.54, 1.807) is 12.1 Å². The molecule has 0 fully saturated rings. The van der Waals surface area contributed by atoms with Gasteiger partial charge in [-0.1, -0.05) is 16.8 Å². The number of alkyl halides is 1. The summed E-state index contributed by atoms with van der Waals surface area (Å²) in [6.07, 6.45) is 0. The first-order chi connectivity index (χ1) is 7.20. The minimum Gasteiger partial charge on any atom is -0.359 e. The Morgan fingerprint density at radius 2 is 2.13 bits per heavy atom. The number of rotatable bonds is 2. The second-order valence-electron chi connectivity index (χ2n) is 2.94. The molecule has 0 spiro atoms. The number of benzene rings is 1. The van der Waals surface area contributed by atoms with Gasteiger partial charge in [0, 0.05) is 11.6 Å². The second kappa shape index (κ2) is 4.21. The van der Waals surface area contributed by atoms with Crippen molar-refractivity contribution in [3.05, 3.63) is 40.9 Å². The van der Waals surface area contributed by atoms with Crippen LogP contribution in [0.2, 0.25) is 5.02 Å². The summed E-state index contributed by atoms with van der Waals surface area (Å²) in [5.41, 5.74) is 1.17. The Morgan fingerprint density at radius 3 is 2.73 bits per heavy atom. The first-order valence-corrected chi connectivity index (χ1v) is 5.09. The molecule has 78 valence electrons. The maximum absolute atomic E-state index is 12.8. The summed E-state index contributed by atoms with van der Waals surface area (Å²) in [6.45, 7) is 0. The standard InChI is InChI=1S/C10H6Cl2FNO/c11-5-7-4-10(14-15-7)8-2-1-6(13)3-9(8)12/h1-4H,5H2. The van der Waals surface area contributed by atoms with Gasteiger partial charge in [-0.3, -0.25) is 0 Å². The summed E-state index contributed by atoms with van der Waals surface area (Å²) in [5.74, 6) is 0.406. The lowest BCUT2D eigenvalue weighted by atomic mass is 10.1. The van der Waals surface area contributed by atoms with Gasteiger partial charge < -0.3 is 4.52 Å². The van der Waals surface area contributed by atoms with Gasteiger partial charge in [-0.2, -0.15) is 0 Å². The molecule has 1 heterocycles. The van der Waals surface area contributed by atoms with Gasteiger partial charge in [0.15, 0.2) is 5.76 Å². The van der Waals surface area contributed by atoms with E-state index in [2.05, 4.69) is 5.16 Å². The van der Waals surface area contributed by atoms with Crippen LogP contribution in [-0.4, -0.2) is 5.16 Å². The first-order valence-electron chi connectivity index (χ1n) is 4.17. The molecule has 0 N–H and O–H groups in total. The van der Waals surface area contributed by atoms with Gasteiger partial charge in [-0.15, -0.1) is 11.6 Å². The summed E-state index contributed by atoms with van der Waals surface area (Å²) < 4.78 is 17.7. The van der Waals surface area contributed by atoms with Gasteiger partial charge in [-0.25, -0.2) is 4.39 Å². The third kappa shape index (κ3) is 2.13. The van der Waals surface area contributed by atoms with E-state index in [0.717, 1.165) is 0 Å². The van der Waals surface area contributed by atoms with Crippen LogP contribution in [0.25, 0.3) is 11.3 Å². The average Bonchev–Trinajstić information content (AvgIpc) is 2.66. The second-order valence-corrected chi connectivity index (χ2v) is 3.61. The van der Waals surface area contributed by atoms with Crippen molar-refractivity contribution in [3.63, 3.8) is 0 Å². The quantitative estimate of drug-likeness (QED) is 0.751. The Hall–Kier alpha value is -1.06. The number of aromatic nitrogens is 1. The molecular weight excluding hydrogens is 240 g/mol. The lowest BCUT2D eigenvalue weighted by molar-refractivity contribution is 0.396.